The van der Waals surface area contributed by atoms with Crippen molar-refractivity contribution in [1.29, 1.82) is 0 Å². The molecule has 1 unspecified atom stereocenters. The quantitative estimate of drug-likeness (QED) is 0.0739. The van der Waals surface area contributed by atoms with Gasteiger partial charge in [0.25, 0.3) is 0 Å². The Morgan fingerprint density at radius 1 is 0.703 bits per heavy atom. The van der Waals surface area contributed by atoms with Gasteiger partial charge in [-0.2, -0.15) is 0 Å². The second kappa shape index (κ2) is 24.0. The van der Waals surface area contributed by atoms with Gasteiger partial charge in [-0.3, -0.25) is 18.6 Å². The van der Waals surface area contributed by atoms with Crippen molar-refractivity contribution in [2.75, 3.05) is 26.4 Å². The van der Waals surface area contributed by atoms with Gasteiger partial charge in [0.2, 0.25) is 0 Å². The summed E-state index contributed by atoms with van der Waals surface area (Å²) in [6.07, 6.45) is 12.8. The molecule has 0 saturated carbocycles. The van der Waals surface area contributed by atoms with Gasteiger partial charge in [-0.1, -0.05) is 90.9 Å². The second-order valence-corrected chi connectivity index (χ2v) is 10.9. The van der Waals surface area contributed by atoms with Crippen molar-refractivity contribution >= 4 is 19.8 Å². The van der Waals surface area contributed by atoms with E-state index in [9.17, 15) is 24.2 Å². The number of phosphoric acid groups is 1. The molecule has 0 bridgehead atoms. The van der Waals surface area contributed by atoms with Crippen LogP contribution in [-0.4, -0.2) is 65.7 Å². The van der Waals surface area contributed by atoms with E-state index in [0.29, 0.717) is 12.8 Å². The maximum atomic E-state index is 12.3. The Balaban J connectivity index is 4.54. The van der Waals surface area contributed by atoms with Crippen LogP contribution in [0, 0.1) is 0 Å². The first-order valence-corrected chi connectivity index (χ1v) is 15.5. The van der Waals surface area contributed by atoms with Gasteiger partial charge >= 0.3 is 19.8 Å². The van der Waals surface area contributed by atoms with Crippen molar-refractivity contribution in [3.05, 3.63) is 0 Å². The predicted molar refractivity (Wildman–Crippen MR) is 141 cm³/mol. The van der Waals surface area contributed by atoms with Crippen LogP contribution in [0.1, 0.15) is 117 Å². The lowest BCUT2D eigenvalue weighted by Crippen LogP contribution is -2.29. The minimum absolute atomic E-state index is 0.187. The van der Waals surface area contributed by atoms with E-state index in [-0.39, 0.29) is 19.4 Å². The van der Waals surface area contributed by atoms with E-state index in [1.807, 2.05) is 0 Å². The zero-order chi connectivity index (χ0) is 27.8. The highest BCUT2D eigenvalue weighted by molar-refractivity contribution is 7.47. The monoisotopic (exact) mass is 554 g/mol. The van der Waals surface area contributed by atoms with Crippen LogP contribution < -0.4 is 0 Å². The molecule has 11 heteroatoms. The number of ether oxygens (including phenoxy) is 2. The van der Waals surface area contributed by atoms with Crippen LogP contribution in [0.15, 0.2) is 0 Å². The molecule has 0 rings (SSSR count). The Bertz CT molecular complexity index is 616. The number of phosphoric ester groups is 1. The van der Waals surface area contributed by atoms with Crippen molar-refractivity contribution in [3.8, 4) is 0 Å². The minimum atomic E-state index is -4.58. The second-order valence-electron chi connectivity index (χ2n) is 9.43. The lowest BCUT2D eigenvalue weighted by atomic mass is 10.1. The maximum absolute atomic E-state index is 12.3. The first kappa shape index (κ1) is 36.0. The Morgan fingerprint density at radius 3 is 1.68 bits per heavy atom. The number of carbonyl (C=O) groups is 2. The van der Waals surface area contributed by atoms with Gasteiger partial charge in [-0.05, 0) is 12.8 Å². The third-order valence-electron chi connectivity index (χ3n) is 5.76. The molecule has 3 atom stereocenters. The largest absolute Gasteiger partial charge is 0.472 e. The van der Waals surface area contributed by atoms with E-state index in [0.717, 1.165) is 38.5 Å². The predicted octanol–water partition coefficient (Wildman–Crippen LogP) is 5.21. The number of aliphatic hydroxyl groups is 2. The van der Waals surface area contributed by atoms with Crippen LogP contribution in [0.3, 0.4) is 0 Å². The highest BCUT2D eigenvalue weighted by atomic mass is 31.2. The number of hydrogen-bond acceptors (Lipinski definition) is 9. The smallest absolute Gasteiger partial charge is 0.462 e. The van der Waals surface area contributed by atoms with Gasteiger partial charge in [0.15, 0.2) is 6.10 Å². The molecule has 3 N–H and O–H groups in total. The molecule has 0 aromatic carbocycles. The van der Waals surface area contributed by atoms with Crippen molar-refractivity contribution < 1.29 is 47.8 Å². The third kappa shape index (κ3) is 23.8. The van der Waals surface area contributed by atoms with Crippen molar-refractivity contribution in [2.45, 2.75) is 129 Å². The van der Waals surface area contributed by atoms with Crippen LogP contribution in [0.2, 0.25) is 0 Å². The molecule has 0 saturated heterocycles. The Kier molecular flexibility index (Phi) is 23.4. The number of rotatable bonds is 26. The molecule has 0 aromatic rings. The number of hydrogen-bond donors (Lipinski definition) is 3. The molecule has 0 fully saturated rings. The van der Waals surface area contributed by atoms with Crippen LogP contribution >= 0.6 is 7.82 Å². The average molecular weight is 555 g/mol. The van der Waals surface area contributed by atoms with Gasteiger partial charge in [0, 0.05) is 12.8 Å². The average Bonchev–Trinajstić information content (AvgIpc) is 2.87. The van der Waals surface area contributed by atoms with Gasteiger partial charge in [-0.15, -0.1) is 0 Å². The fourth-order valence-electron chi connectivity index (χ4n) is 3.52. The molecular formula is C26H51O10P. The summed E-state index contributed by atoms with van der Waals surface area (Å²) in [6.45, 7) is 2.22. The normalized spacial score (nSPS) is 14.6. The Morgan fingerprint density at radius 2 is 1.16 bits per heavy atom. The molecule has 10 nitrogen and oxygen atoms in total. The summed E-state index contributed by atoms with van der Waals surface area (Å²) in [7, 11) is -4.58. The van der Waals surface area contributed by atoms with Gasteiger partial charge in [0.05, 0.1) is 19.8 Å². The summed E-state index contributed by atoms with van der Waals surface area (Å²) in [4.78, 5) is 34.2. The lowest BCUT2D eigenvalue weighted by molar-refractivity contribution is -0.161. The number of carbonyl (C=O) groups excluding carboxylic acids is 2. The summed E-state index contributed by atoms with van der Waals surface area (Å²) >= 11 is 0. The number of aliphatic hydroxyl groups excluding tert-OH is 2. The first-order valence-electron chi connectivity index (χ1n) is 14.0. The van der Waals surface area contributed by atoms with E-state index in [1.165, 1.54) is 38.5 Å². The van der Waals surface area contributed by atoms with Crippen LogP contribution in [0.4, 0.5) is 0 Å². The van der Waals surface area contributed by atoms with Crippen molar-refractivity contribution in [2.24, 2.45) is 0 Å². The van der Waals surface area contributed by atoms with Crippen molar-refractivity contribution in [1.82, 2.24) is 0 Å². The molecule has 0 radical (unpaired) electrons. The standard InChI is InChI=1S/C26H51O10P/c1-3-5-7-9-11-13-15-17-25(29)33-21-24(22-35-37(31,32)34-20-23(28)19-27)36-26(30)18-16-14-12-10-8-6-4-2/h23-24,27-28H,3-22H2,1-2H3,(H,31,32)/t23-,24+/m1/s1. The lowest BCUT2D eigenvalue weighted by Gasteiger charge is -2.20. The number of unbranched alkanes of at least 4 members (excludes halogenated alkanes) is 12. The van der Waals surface area contributed by atoms with Gasteiger partial charge < -0.3 is 24.6 Å². The van der Waals surface area contributed by atoms with E-state index in [2.05, 4.69) is 18.4 Å². The van der Waals surface area contributed by atoms with Crippen LogP contribution in [0.25, 0.3) is 0 Å². The van der Waals surface area contributed by atoms with E-state index >= 15 is 0 Å². The highest BCUT2D eigenvalue weighted by Gasteiger charge is 2.27. The molecule has 0 aliphatic heterocycles. The van der Waals surface area contributed by atoms with E-state index < -0.39 is 51.8 Å². The maximum Gasteiger partial charge on any atom is 0.472 e. The van der Waals surface area contributed by atoms with E-state index in [1.54, 1.807) is 0 Å². The topological polar surface area (TPSA) is 149 Å². The fraction of sp³-hybridized carbons (Fsp3) is 0.923. The molecular weight excluding hydrogens is 503 g/mol. The summed E-state index contributed by atoms with van der Waals surface area (Å²) in [5, 5.41) is 18.1. The zero-order valence-corrected chi connectivity index (χ0v) is 23.8. The molecule has 37 heavy (non-hydrogen) atoms. The molecule has 0 heterocycles. The first-order chi connectivity index (χ1) is 17.7. The molecule has 0 aliphatic rings. The van der Waals surface area contributed by atoms with Crippen LogP contribution in [-0.2, 0) is 32.7 Å². The molecule has 0 spiro atoms. The van der Waals surface area contributed by atoms with Crippen LogP contribution in [0.5, 0.6) is 0 Å². The molecule has 0 amide bonds. The zero-order valence-electron chi connectivity index (χ0n) is 22.9. The summed E-state index contributed by atoms with van der Waals surface area (Å²) < 4.78 is 32.1. The van der Waals surface area contributed by atoms with Gasteiger partial charge in [-0.25, -0.2) is 4.57 Å². The summed E-state index contributed by atoms with van der Waals surface area (Å²) in [5.41, 5.74) is 0. The van der Waals surface area contributed by atoms with Gasteiger partial charge in [0.1, 0.15) is 12.7 Å². The van der Waals surface area contributed by atoms with E-state index in [4.69, 9.17) is 19.1 Å². The Labute approximate surface area is 223 Å². The number of esters is 2. The van der Waals surface area contributed by atoms with Crippen molar-refractivity contribution in [3.63, 3.8) is 0 Å². The molecule has 0 aromatic heterocycles. The summed E-state index contributed by atoms with van der Waals surface area (Å²) in [6, 6.07) is 0. The molecule has 220 valence electrons. The molecule has 0 aliphatic carbocycles. The SMILES string of the molecule is CCCCCCCCCC(=O)OC[C@@H](COP(=O)(O)OC[C@H](O)CO)OC(=O)CCCCCCCCC. The Hall–Kier alpha value is -1.03. The minimum Gasteiger partial charge on any atom is -0.462 e. The fourth-order valence-corrected chi connectivity index (χ4v) is 4.31. The summed E-state index contributed by atoms with van der Waals surface area (Å²) in [5.74, 6) is -0.939. The third-order valence-corrected chi connectivity index (χ3v) is 6.71. The highest BCUT2D eigenvalue weighted by Crippen LogP contribution is 2.43.